The summed E-state index contributed by atoms with van der Waals surface area (Å²) in [5, 5.41) is 0.463. The van der Waals surface area contributed by atoms with Crippen LogP contribution < -0.4 is 4.74 Å². The van der Waals surface area contributed by atoms with Crippen molar-refractivity contribution >= 4 is 11.6 Å². The monoisotopic (exact) mass is 309 g/mol. The number of hydrogen-bond acceptors (Lipinski definition) is 2. The Morgan fingerprint density at radius 2 is 1.64 bits per heavy atom. The van der Waals surface area contributed by atoms with E-state index in [2.05, 4.69) is 18.0 Å². The predicted octanol–water partition coefficient (Wildman–Crippen LogP) is 5.29. The quantitative estimate of drug-likeness (QED) is 0.611. The lowest BCUT2D eigenvalue weighted by molar-refractivity contribution is 0.306. The van der Waals surface area contributed by atoms with Crippen molar-refractivity contribution in [3.8, 4) is 17.0 Å². The number of rotatable bonds is 4. The van der Waals surface area contributed by atoms with Crippen LogP contribution in [-0.4, -0.2) is 4.98 Å². The van der Waals surface area contributed by atoms with E-state index < -0.39 is 0 Å². The van der Waals surface area contributed by atoms with E-state index in [1.807, 2.05) is 54.6 Å². The zero-order valence-corrected chi connectivity index (χ0v) is 13.0. The predicted molar refractivity (Wildman–Crippen MR) is 90.2 cm³/mol. The van der Waals surface area contributed by atoms with Gasteiger partial charge in [0.25, 0.3) is 0 Å². The fraction of sp³-hybridized carbons (Fsp3) is 0.105. The number of ether oxygens (including phenoxy) is 1. The number of aryl methyl sites for hydroxylation is 1. The Balaban J connectivity index is 1.93. The second kappa shape index (κ2) is 6.63. The molecule has 0 saturated carbocycles. The molecule has 0 aliphatic carbocycles. The van der Waals surface area contributed by atoms with Gasteiger partial charge in [-0.3, -0.25) is 0 Å². The highest BCUT2D eigenvalue weighted by molar-refractivity contribution is 6.29. The molecule has 0 atom stereocenters. The third kappa shape index (κ3) is 3.29. The third-order valence-corrected chi connectivity index (χ3v) is 3.67. The Labute approximate surface area is 135 Å². The SMILES string of the molecule is Cc1ccccc1-c1nc(Cl)ccc1OCc1ccccc1. The number of hydrogen-bond donors (Lipinski definition) is 0. The van der Waals surface area contributed by atoms with Crippen LogP contribution in [0.3, 0.4) is 0 Å². The van der Waals surface area contributed by atoms with Crippen molar-refractivity contribution in [3.05, 3.63) is 83.0 Å². The normalized spacial score (nSPS) is 10.5. The fourth-order valence-electron chi connectivity index (χ4n) is 2.31. The van der Waals surface area contributed by atoms with E-state index in [1.54, 1.807) is 6.07 Å². The minimum atomic E-state index is 0.463. The summed E-state index contributed by atoms with van der Waals surface area (Å²) in [7, 11) is 0. The summed E-state index contributed by atoms with van der Waals surface area (Å²) >= 11 is 6.07. The van der Waals surface area contributed by atoms with Gasteiger partial charge in [0.15, 0.2) is 0 Å². The van der Waals surface area contributed by atoms with Crippen molar-refractivity contribution in [1.29, 1.82) is 0 Å². The zero-order valence-electron chi connectivity index (χ0n) is 12.3. The van der Waals surface area contributed by atoms with E-state index >= 15 is 0 Å². The first-order valence-electron chi connectivity index (χ1n) is 7.13. The molecule has 0 aliphatic rings. The molecule has 3 heteroatoms. The first-order valence-corrected chi connectivity index (χ1v) is 7.51. The van der Waals surface area contributed by atoms with Crippen LogP contribution in [0.2, 0.25) is 5.15 Å². The number of benzene rings is 2. The minimum absolute atomic E-state index is 0.463. The number of halogens is 1. The molecule has 110 valence electrons. The lowest BCUT2D eigenvalue weighted by Gasteiger charge is -2.13. The third-order valence-electron chi connectivity index (χ3n) is 3.46. The maximum Gasteiger partial charge on any atom is 0.146 e. The molecule has 1 aromatic heterocycles. The van der Waals surface area contributed by atoms with Gasteiger partial charge in [0.05, 0.1) is 0 Å². The molecule has 0 unspecified atom stereocenters. The van der Waals surface area contributed by atoms with Crippen LogP contribution in [0.25, 0.3) is 11.3 Å². The van der Waals surface area contributed by atoms with Crippen LogP contribution in [0.5, 0.6) is 5.75 Å². The summed E-state index contributed by atoms with van der Waals surface area (Å²) in [4.78, 5) is 4.46. The summed E-state index contributed by atoms with van der Waals surface area (Å²) in [6, 6.07) is 21.8. The molecule has 3 aromatic rings. The summed E-state index contributed by atoms with van der Waals surface area (Å²) in [6.07, 6.45) is 0. The molecule has 0 fully saturated rings. The van der Waals surface area contributed by atoms with Gasteiger partial charge >= 0.3 is 0 Å². The molecule has 0 saturated heterocycles. The Kier molecular flexibility index (Phi) is 4.40. The molecule has 1 heterocycles. The molecule has 0 N–H and O–H groups in total. The lowest BCUT2D eigenvalue weighted by atomic mass is 10.0. The number of pyridine rings is 1. The molecule has 2 nitrogen and oxygen atoms in total. The molecule has 22 heavy (non-hydrogen) atoms. The molecule has 0 radical (unpaired) electrons. The highest BCUT2D eigenvalue weighted by atomic mass is 35.5. The Hall–Kier alpha value is -2.32. The first-order chi connectivity index (χ1) is 10.7. The van der Waals surface area contributed by atoms with E-state index in [-0.39, 0.29) is 0 Å². The second-order valence-corrected chi connectivity index (χ2v) is 5.46. The summed E-state index contributed by atoms with van der Waals surface area (Å²) < 4.78 is 5.97. The van der Waals surface area contributed by atoms with Crippen molar-refractivity contribution in [3.63, 3.8) is 0 Å². The van der Waals surface area contributed by atoms with Gasteiger partial charge in [0.2, 0.25) is 0 Å². The van der Waals surface area contributed by atoms with E-state index in [1.165, 1.54) is 0 Å². The van der Waals surface area contributed by atoms with Gasteiger partial charge in [-0.25, -0.2) is 4.98 Å². The van der Waals surface area contributed by atoms with Gasteiger partial charge in [0, 0.05) is 5.56 Å². The van der Waals surface area contributed by atoms with Crippen LogP contribution in [0, 0.1) is 6.92 Å². The summed E-state index contributed by atoms with van der Waals surface area (Å²) in [6.45, 7) is 2.56. The maximum atomic E-state index is 6.07. The van der Waals surface area contributed by atoms with Crippen molar-refractivity contribution in [2.75, 3.05) is 0 Å². The number of nitrogens with zero attached hydrogens (tertiary/aromatic N) is 1. The van der Waals surface area contributed by atoms with Crippen LogP contribution in [-0.2, 0) is 6.61 Å². The van der Waals surface area contributed by atoms with Gasteiger partial charge in [0.1, 0.15) is 23.2 Å². The van der Waals surface area contributed by atoms with Gasteiger partial charge in [-0.15, -0.1) is 0 Å². The molecular formula is C19H16ClNO. The smallest absolute Gasteiger partial charge is 0.146 e. The van der Waals surface area contributed by atoms with Crippen LogP contribution >= 0.6 is 11.6 Å². The Bertz CT molecular complexity index is 771. The maximum absolute atomic E-state index is 6.07. The largest absolute Gasteiger partial charge is 0.487 e. The van der Waals surface area contributed by atoms with Crippen molar-refractivity contribution < 1.29 is 4.74 Å². The fourth-order valence-corrected chi connectivity index (χ4v) is 2.45. The molecule has 0 bridgehead atoms. The molecule has 2 aromatic carbocycles. The Morgan fingerprint density at radius 3 is 2.41 bits per heavy atom. The standard InChI is InChI=1S/C19H16ClNO/c1-14-7-5-6-10-16(14)19-17(11-12-18(20)21-19)22-13-15-8-3-2-4-9-15/h2-12H,13H2,1H3. The van der Waals surface area contributed by atoms with Crippen LogP contribution in [0.4, 0.5) is 0 Å². The molecular weight excluding hydrogens is 294 g/mol. The average Bonchev–Trinajstić information content (AvgIpc) is 2.55. The molecule has 0 amide bonds. The highest BCUT2D eigenvalue weighted by Crippen LogP contribution is 2.32. The summed E-state index contributed by atoms with van der Waals surface area (Å²) in [5.74, 6) is 0.738. The van der Waals surface area contributed by atoms with E-state index in [9.17, 15) is 0 Å². The topological polar surface area (TPSA) is 22.1 Å². The zero-order chi connectivity index (χ0) is 15.4. The van der Waals surface area contributed by atoms with Gasteiger partial charge in [-0.1, -0.05) is 66.2 Å². The van der Waals surface area contributed by atoms with Gasteiger partial charge < -0.3 is 4.74 Å². The lowest BCUT2D eigenvalue weighted by Crippen LogP contribution is -1.99. The summed E-state index contributed by atoms with van der Waals surface area (Å²) in [5.41, 5.74) is 4.07. The van der Waals surface area contributed by atoms with Crippen molar-refractivity contribution in [1.82, 2.24) is 4.98 Å². The highest BCUT2D eigenvalue weighted by Gasteiger charge is 2.11. The van der Waals surface area contributed by atoms with Crippen molar-refractivity contribution in [2.45, 2.75) is 13.5 Å². The molecule has 0 spiro atoms. The van der Waals surface area contributed by atoms with Crippen LogP contribution in [0.15, 0.2) is 66.7 Å². The molecule has 3 rings (SSSR count). The first kappa shape index (κ1) is 14.6. The minimum Gasteiger partial charge on any atom is -0.487 e. The second-order valence-electron chi connectivity index (χ2n) is 5.07. The average molecular weight is 310 g/mol. The van der Waals surface area contributed by atoms with Crippen LogP contribution in [0.1, 0.15) is 11.1 Å². The van der Waals surface area contributed by atoms with Crippen molar-refractivity contribution in [2.24, 2.45) is 0 Å². The number of aromatic nitrogens is 1. The van der Waals surface area contributed by atoms with Gasteiger partial charge in [-0.05, 0) is 30.2 Å². The van der Waals surface area contributed by atoms with E-state index in [0.717, 1.165) is 28.1 Å². The Morgan fingerprint density at radius 1 is 0.909 bits per heavy atom. The van der Waals surface area contributed by atoms with E-state index in [0.29, 0.717) is 11.8 Å². The molecule has 0 aliphatic heterocycles. The van der Waals surface area contributed by atoms with Gasteiger partial charge in [-0.2, -0.15) is 0 Å². The van der Waals surface area contributed by atoms with E-state index in [4.69, 9.17) is 16.3 Å².